The lowest BCUT2D eigenvalue weighted by Gasteiger charge is -2.23. The number of para-hydroxylation sites is 1. The molecule has 1 aromatic rings. The van der Waals surface area contributed by atoms with Gasteiger partial charge in [0.15, 0.2) is 16.4 Å². The normalized spacial score (nSPS) is 20.2. The quantitative estimate of drug-likeness (QED) is 0.837. The highest BCUT2D eigenvalue weighted by Crippen LogP contribution is 2.19. The van der Waals surface area contributed by atoms with Gasteiger partial charge in [-0.2, -0.15) is 0 Å². The molecule has 0 radical (unpaired) electrons. The maximum Gasteiger partial charge on any atom is 0.260 e. The maximum atomic E-state index is 12.1. The molecule has 0 aromatic heterocycles. The molecule has 116 valence electrons. The number of carbonyl (C=O) groups excluding carboxylic acids is 1. The average Bonchev–Trinajstić information content (AvgIpc) is 2.84. The minimum atomic E-state index is -3.00. The van der Waals surface area contributed by atoms with Gasteiger partial charge in [-0.1, -0.05) is 18.2 Å². The Labute approximate surface area is 124 Å². The minimum absolute atomic E-state index is 0.0363. The summed E-state index contributed by atoms with van der Waals surface area (Å²) in [6.45, 7) is 0.213. The Morgan fingerprint density at radius 2 is 2.14 bits per heavy atom. The molecule has 1 saturated heterocycles. The molecule has 1 aliphatic rings. The summed E-state index contributed by atoms with van der Waals surface area (Å²) in [5.74, 6) is 0.533. The highest BCUT2D eigenvalue weighted by atomic mass is 32.2. The Balaban J connectivity index is 1.93. The largest absolute Gasteiger partial charge is 0.483 e. The zero-order chi connectivity index (χ0) is 15.5. The van der Waals surface area contributed by atoms with Gasteiger partial charge in [-0.25, -0.2) is 8.42 Å². The molecule has 1 unspecified atom stereocenters. The zero-order valence-electron chi connectivity index (χ0n) is 12.0. The minimum Gasteiger partial charge on any atom is -0.483 e. The molecule has 7 heteroatoms. The van der Waals surface area contributed by atoms with E-state index < -0.39 is 9.84 Å². The second-order valence-electron chi connectivity index (χ2n) is 5.16. The first-order chi connectivity index (χ1) is 9.93. The van der Waals surface area contributed by atoms with Gasteiger partial charge in [0, 0.05) is 25.2 Å². The van der Waals surface area contributed by atoms with Crippen molar-refractivity contribution in [3.8, 4) is 5.75 Å². The second-order valence-corrected chi connectivity index (χ2v) is 7.39. The smallest absolute Gasteiger partial charge is 0.260 e. The lowest BCUT2D eigenvalue weighted by Crippen LogP contribution is -2.40. The van der Waals surface area contributed by atoms with E-state index in [1.54, 1.807) is 13.1 Å². The second kappa shape index (κ2) is 6.44. The van der Waals surface area contributed by atoms with Crippen LogP contribution in [-0.4, -0.2) is 50.4 Å². The Morgan fingerprint density at radius 1 is 1.43 bits per heavy atom. The van der Waals surface area contributed by atoms with Crippen LogP contribution in [0.5, 0.6) is 5.75 Å². The van der Waals surface area contributed by atoms with Gasteiger partial charge < -0.3 is 15.4 Å². The third kappa shape index (κ3) is 3.95. The van der Waals surface area contributed by atoms with E-state index in [0.29, 0.717) is 18.7 Å². The molecule has 1 heterocycles. The van der Waals surface area contributed by atoms with Crippen molar-refractivity contribution in [2.75, 3.05) is 25.2 Å². The molecule has 2 rings (SSSR count). The monoisotopic (exact) mass is 312 g/mol. The van der Waals surface area contributed by atoms with Crippen LogP contribution in [0.4, 0.5) is 0 Å². The van der Waals surface area contributed by atoms with Crippen LogP contribution >= 0.6 is 0 Å². The summed E-state index contributed by atoms with van der Waals surface area (Å²) in [5, 5.41) is 0. The molecule has 0 bridgehead atoms. The lowest BCUT2D eigenvalue weighted by molar-refractivity contribution is -0.133. The first-order valence-corrected chi connectivity index (χ1v) is 8.62. The van der Waals surface area contributed by atoms with Gasteiger partial charge in [-0.3, -0.25) is 4.79 Å². The van der Waals surface area contributed by atoms with Gasteiger partial charge in [-0.15, -0.1) is 0 Å². The highest BCUT2D eigenvalue weighted by Gasteiger charge is 2.32. The molecule has 1 atom stereocenters. The summed E-state index contributed by atoms with van der Waals surface area (Å²) in [6.07, 6.45) is 0.490. The third-order valence-electron chi connectivity index (χ3n) is 3.69. The van der Waals surface area contributed by atoms with E-state index in [1.807, 2.05) is 18.2 Å². The topological polar surface area (TPSA) is 89.7 Å². The molecule has 1 aromatic carbocycles. The standard InChI is InChI=1S/C14H20N2O4S/c1-16(12-6-7-21(18,19)10-12)14(17)9-20-13-5-3-2-4-11(13)8-15/h2-5,12H,6-10,15H2,1H3. The molecule has 1 amide bonds. The number of likely N-dealkylation sites (N-methyl/N-ethyl adjacent to an activating group) is 1. The van der Waals surface area contributed by atoms with Crippen LogP contribution in [0.2, 0.25) is 0 Å². The van der Waals surface area contributed by atoms with E-state index in [2.05, 4.69) is 0 Å². The Bertz CT molecular complexity index is 615. The van der Waals surface area contributed by atoms with Gasteiger partial charge in [0.2, 0.25) is 0 Å². The van der Waals surface area contributed by atoms with Crippen molar-refractivity contribution in [3.05, 3.63) is 29.8 Å². The average molecular weight is 312 g/mol. The molecular formula is C14H20N2O4S. The number of benzene rings is 1. The Morgan fingerprint density at radius 3 is 2.76 bits per heavy atom. The number of ether oxygens (including phenoxy) is 1. The van der Waals surface area contributed by atoms with Crippen molar-refractivity contribution in [2.24, 2.45) is 5.73 Å². The predicted octanol–water partition coefficient (Wildman–Crippen LogP) is 0.170. The van der Waals surface area contributed by atoms with Crippen molar-refractivity contribution in [1.82, 2.24) is 4.90 Å². The SMILES string of the molecule is CN(C(=O)COc1ccccc1CN)C1CCS(=O)(=O)C1. The number of nitrogens with two attached hydrogens (primary N) is 1. The van der Waals surface area contributed by atoms with Gasteiger partial charge in [0.25, 0.3) is 5.91 Å². The van der Waals surface area contributed by atoms with Crippen molar-refractivity contribution in [1.29, 1.82) is 0 Å². The number of hydrogen-bond donors (Lipinski definition) is 1. The summed E-state index contributed by atoms with van der Waals surface area (Å²) in [4.78, 5) is 13.6. The van der Waals surface area contributed by atoms with Crippen molar-refractivity contribution < 1.29 is 17.9 Å². The molecule has 2 N–H and O–H groups in total. The van der Waals surface area contributed by atoms with E-state index in [-0.39, 0.29) is 30.1 Å². The molecule has 0 spiro atoms. The van der Waals surface area contributed by atoms with Crippen LogP contribution in [-0.2, 0) is 21.2 Å². The fourth-order valence-corrected chi connectivity index (χ4v) is 4.11. The molecule has 1 aliphatic heterocycles. The fraction of sp³-hybridized carbons (Fsp3) is 0.500. The molecule has 0 saturated carbocycles. The summed E-state index contributed by atoms with van der Waals surface area (Å²) in [7, 11) is -1.39. The number of carbonyl (C=O) groups is 1. The summed E-state index contributed by atoms with van der Waals surface area (Å²) >= 11 is 0. The predicted molar refractivity (Wildman–Crippen MR) is 79.7 cm³/mol. The fourth-order valence-electron chi connectivity index (χ4n) is 2.34. The van der Waals surface area contributed by atoms with Gasteiger partial charge in [0.1, 0.15) is 5.75 Å². The third-order valence-corrected chi connectivity index (χ3v) is 5.44. The summed E-state index contributed by atoms with van der Waals surface area (Å²) < 4.78 is 28.4. The molecule has 1 fully saturated rings. The first-order valence-electron chi connectivity index (χ1n) is 6.80. The summed E-state index contributed by atoms with van der Waals surface area (Å²) in [5.41, 5.74) is 6.43. The van der Waals surface area contributed by atoms with Crippen LogP contribution in [0.25, 0.3) is 0 Å². The molecule has 21 heavy (non-hydrogen) atoms. The lowest BCUT2D eigenvalue weighted by atomic mass is 10.2. The van der Waals surface area contributed by atoms with E-state index in [9.17, 15) is 13.2 Å². The Kier molecular flexibility index (Phi) is 4.84. The van der Waals surface area contributed by atoms with Crippen LogP contribution in [0.3, 0.4) is 0 Å². The van der Waals surface area contributed by atoms with Crippen LogP contribution in [0.15, 0.2) is 24.3 Å². The van der Waals surface area contributed by atoms with Crippen molar-refractivity contribution >= 4 is 15.7 Å². The number of amides is 1. The van der Waals surface area contributed by atoms with Crippen molar-refractivity contribution in [2.45, 2.75) is 19.0 Å². The van der Waals surface area contributed by atoms with Gasteiger partial charge in [0.05, 0.1) is 11.5 Å². The Hall–Kier alpha value is -1.60. The van der Waals surface area contributed by atoms with Crippen LogP contribution < -0.4 is 10.5 Å². The first kappa shape index (κ1) is 15.8. The van der Waals surface area contributed by atoms with Gasteiger partial charge >= 0.3 is 0 Å². The van der Waals surface area contributed by atoms with Crippen LogP contribution in [0.1, 0.15) is 12.0 Å². The molecule has 6 nitrogen and oxygen atoms in total. The van der Waals surface area contributed by atoms with E-state index in [0.717, 1.165) is 5.56 Å². The number of rotatable bonds is 5. The zero-order valence-corrected chi connectivity index (χ0v) is 12.8. The van der Waals surface area contributed by atoms with E-state index >= 15 is 0 Å². The maximum absolute atomic E-state index is 12.1. The molecule has 0 aliphatic carbocycles. The van der Waals surface area contributed by atoms with E-state index in [4.69, 9.17) is 10.5 Å². The van der Waals surface area contributed by atoms with Gasteiger partial charge in [-0.05, 0) is 12.5 Å². The van der Waals surface area contributed by atoms with Crippen LogP contribution in [0, 0.1) is 0 Å². The number of hydrogen-bond acceptors (Lipinski definition) is 5. The number of sulfone groups is 1. The van der Waals surface area contributed by atoms with E-state index in [1.165, 1.54) is 4.90 Å². The highest BCUT2D eigenvalue weighted by molar-refractivity contribution is 7.91. The number of nitrogens with zero attached hydrogens (tertiary/aromatic N) is 1. The van der Waals surface area contributed by atoms with Crippen molar-refractivity contribution in [3.63, 3.8) is 0 Å². The molecular weight excluding hydrogens is 292 g/mol. The summed E-state index contributed by atoms with van der Waals surface area (Å²) in [6, 6.07) is 7.01.